The van der Waals surface area contributed by atoms with Gasteiger partial charge in [0, 0.05) is 21.3 Å². The van der Waals surface area contributed by atoms with Gasteiger partial charge in [0.05, 0.1) is 31.1 Å². The molecule has 5 nitrogen and oxygen atoms in total. The summed E-state index contributed by atoms with van der Waals surface area (Å²) in [6.45, 7) is 2.02. The van der Waals surface area contributed by atoms with E-state index in [9.17, 15) is 4.79 Å². The monoisotopic (exact) mass is 401 g/mol. The van der Waals surface area contributed by atoms with E-state index >= 15 is 0 Å². The molecule has 1 amide bonds. The first-order valence-corrected chi connectivity index (χ1v) is 8.93. The van der Waals surface area contributed by atoms with Gasteiger partial charge in [-0.25, -0.2) is 0 Å². The Bertz CT molecular complexity index is 959. The third-order valence-electron chi connectivity index (χ3n) is 4.06. The van der Waals surface area contributed by atoms with E-state index in [-0.39, 0.29) is 12.5 Å². The van der Waals surface area contributed by atoms with Crippen LogP contribution in [-0.4, -0.2) is 23.2 Å². The van der Waals surface area contributed by atoms with E-state index in [1.54, 1.807) is 43.2 Å². The number of hydrogen-bond donors (Lipinski definition) is 0. The molecule has 3 aromatic rings. The Hall–Kier alpha value is -2.63. The second-order valence-corrected chi connectivity index (χ2v) is 6.73. The van der Waals surface area contributed by atoms with Crippen molar-refractivity contribution in [1.29, 1.82) is 0 Å². The molecule has 0 aliphatic carbocycles. The first-order chi connectivity index (χ1) is 13.0. The van der Waals surface area contributed by atoms with E-state index in [2.05, 4.69) is 10.2 Å². The molecule has 0 spiro atoms. The molecular weight excluding hydrogens is 385 g/mol. The van der Waals surface area contributed by atoms with Gasteiger partial charge in [-0.3, -0.25) is 4.79 Å². The van der Waals surface area contributed by atoms with Gasteiger partial charge in [0.25, 0.3) is 5.91 Å². The molecule has 138 valence electrons. The van der Waals surface area contributed by atoms with Crippen molar-refractivity contribution in [2.24, 2.45) is 0 Å². The molecule has 0 aliphatic heterocycles. The molecule has 1 heterocycles. The summed E-state index contributed by atoms with van der Waals surface area (Å²) in [5, 5.41) is 8.68. The van der Waals surface area contributed by atoms with Crippen LogP contribution in [0.5, 0.6) is 5.75 Å². The summed E-state index contributed by atoms with van der Waals surface area (Å²) < 4.78 is 5.43. The number of carbonyl (C=O) groups excluding carboxylic acids is 1. The first-order valence-electron chi connectivity index (χ1n) is 8.17. The molecule has 0 saturated heterocycles. The zero-order chi connectivity index (χ0) is 19.4. The predicted octanol–water partition coefficient (Wildman–Crippen LogP) is 4.95. The van der Waals surface area contributed by atoms with E-state index in [0.717, 1.165) is 5.56 Å². The minimum atomic E-state index is -0.230. The van der Waals surface area contributed by atoms with Crippen LogP contribution in [0.3, 0.4) is 0 Å². The molecule has 3 rings (SSSR count). The quantitative estimate of drug-likeness (QED) is 0.606. The average molecular weight is 402 g/mol. The molecule has 0 atom stereocenters. The van der Waals surface area contributed by atoms with Gasteiger partial charge in [-0.2, -0.15) is 10.2 Å². The Morgan fingerprint density at radius 1 is 1.11 bits per heavy atom. The van der Waals surface area contributed by atoms with Crippen molar-refractivity contribution in [2.75, 3.05) is 12.0 Å². The van der Waals surface area contributed by atoms with Gasteiger partial charge >= 0.3 is 0 Å². The highest BCUT2D eigenvalue weighted by Crippen LogP contribution is 2.30. The zero-order valence-electron chi connectivity index (χ0n) is 14.8. The normalized spacial score (nSPS) is 10.5. The van der Waals surface area contributed by atoms with Crippen LogP contribution in [0.25, 0.3) is 0 Å². The van der Waals surface area contributed by atoms with Crippen molar-refractivity contribution >= 4 is 34.8 Å². The number of aryl methyl sites for hydroxylation is 1. The largest absolute Gasteiger partial charge is 0.496 e. The number of anilines is 1. The number of halogens is 2. The summed E-state index contributed by atoms with van der Waals surface area (Å²) >= 11 is 12.3. The highest BCUT2D eigenvalue weighted by atomic mass is 35.5. The minimum absolute atomic E-state index is 0.230. The van der Waals surface area contributed by atoms with Gasteiger partial charge in [-0.05, 0) is 37.3 Å². The Kier molecular flexibility index (Phi) is 5.94. The van der Waals surface area contributed by atoms with E-state index < -0.39 is 0 Å². The lowest BCUT2D eigenvalue weighted by Gasteiger charge is -2.25. The Morgan fingerprint density at radius 2 is 1.81 bits per heavy atom. The van der Waals surface area contributed by atoms with Crippen molar-refractivity contribution in [3.63, 3.8) is 0 Å². The fourth-order valence-corrected chi connectivity index (χ4v) is 3.27. The van der Waals surface area contributed by atoms with E-state index in [1.807, 2.05) is 24.3 Å². The summed E-state index contributed by atoms with van der Waals surface area (Å²) in [7, 11) is 1.60. The van der Waals surface area contributed by atoms with Crippen LogP contribution in [-0.2, 0) is 6.54 Å². The van der Waals surface area contributed by atoms with Crippen LogP contribution in [0.1, 0.15) is 21.6 Å². The smallest absolute Gasteiger partial charge is 0.260 e. The maximum Gasteiger partial charge on any atom is 0.260 e. The maximum absolute atomic E-state index is 13.3. The standard InChI is InChI=1S/C20H17Cl2N3O2/c1-13-18(7-8-23-24-13)20(26)25(17-10-15(21)9-16(22)11-17)12-14-5-3-4-6-19(14)27-2/h3-11H,12H2,1-2H3. The molecule has 0 aliphatic rings. The summed E-state index contributed by atoms with van der Waals surface area (Å²) in [6, 6.07) is 14.2. The third-order valence-corrected chi connectivity index (χ3v) is 4.50. The lowest BCUT2D eigenvalue weighted by molar-refractivity contribution is 0.0984. The second-order valence-electron chi connectivity index (χ2n) is 5.86. The molecular formula is C20H17Cl2N3O2. The lowest BCUT2D eigenvalue weighted by Crippen LogP contribution is -2.31. The second kappa shape index (κ2) is 8.37. The van der Waals surface area contributed by atoms with E-state index in [1.165, 1.54) is 6.20 Å². The van der Waals surface area contributed by atoms with Gasteiger partial charge in [0.15, 0.2) is 0 Å². The highest BCUT2D eigenvalue weighted by Gasteiger charge is 2.22. The van der Waals surface area contributed by atoms with Crippen molar-refractivity contribution < 1.29 is 9.53 Å². The molecule has 1 aromatic heterocycles. The molecule has 0 bridgehead atoms. The molecule has 0 saturated carbocycles. The number of methoxy groups -OCH3 is 1. The summed E-state index contributed by atoms with van der Waals surface area (Å²) in [5.41, 5.74) is 2.43. The molecule has 27 heavy (non-hydrogen) atoms. The van der Waals surface area contributed by atoms with Crippen LogP contribution in [0, 0.1) is 6.92 Å². The number of ether oxygens (including phenoxy) is 1. The number of amides is 1. The zero-order valence-corrected chi connectivity index (χ0v) is 16.3. The van der Waals surface area contributed by atoms with Crippen LogP contribution < -0.4 is 9.64 Å². The van der Waals surface area contributed by atoms with Crippen molar-refractivity contribution in [2.45, 2.75) is 13.5 Å². The van der Waals surface area contributed by atoms with Crippen molar-refractivity contribution in [1.82, 2.24) is 10.2 Å². The molecule has 0 fully saturated rings. The number of benzene rings is 2. The van der Waals surface area contributed by atoms with Crippen molar-refractivity contribution in [3.05, 3.63) is 81.6 Å². The van der Waals surface area contributed by atoms with Crippen LogP contribution in [0.2, 0.25) is 10.0 Å². The Morgan fingerprint density at radius 3 is 2.48 bits per heavy atom. The van der Waals surface area contributed by atoms with Crippen molar-refractivity contribution in [3.8, 4) is 5.75 Å². The predicted molar refractivity (Wildman–Crippen MR) is 107 cm³/mol. The van der Waals surface area contributed by atoms with E-state index in [4.69, 9.17) is 27.9 Å². The minimum Gasteiger partial charge on any atom is -0.496 e. The number of aromatic nitrogens is 2. The number of rotatable bonds is 5. The SMILES string of the molecule is COc1ccccc1CN(C(=O)c1ccnnc1C)c1cc(Cl)cc(Cl)c1. The lowest BCUT2D eigenvalue weighted by atomic mass is 10.1. The number of carbonyl (C=O) groups is 1. The molecule has 0 unspecified atom stereocenters. The Balaban J connectivity index is 2.08. The van der Waals surface area contributed by atoms with E-state index in [0.29, 0.717) is 32.7 Å². The first kappa shape index (κ1) is 19.1. The van der Waals surface area contributed by atoms with Gasteiger partial charge in [0.1, 0.15) is 5.75 Å². The number of para-hydroxylation sites is 1. The highest BCUT2D eigenvalue weighted by molar-refractivity contribution is 6.35. The van der Waals surface area contributed by atoms with Gasteiger partial charge in [-0.1, -0.05) is 41.4 Å². The van der Waals surface area contributed by atoms with Crippen LogP contribution in [0.15, 0.2) is 54.7 Å². The summed E-state index contributed by atoms with van der Waals surface area (Å²) in [5.74, 6) is 0.458. The average Bonchev–Trinajstić information content (AvgIpc) is 2.65. The summed E-state index contributed by atoms with van der Waals surface area (Å²) in [6.07, 6.45) is 1.49. The fourth-order valence-electron chi connectivity index (χ4n) is 2.75. The maximum atomic E-state index is 13.3. The number of hydrogen-bond acceptors (Lipinski definition) is 4. The molecule has 2 aromatic carbocycles. The Labute approximate surface area is 167 Å². The molecule has 0 N–H and O–H groups in total. The fraction of sp³-hybridized carbons (Fsp3) is 0.150. The van der Waals surface area contributed by atoms with Gasteiger partial charge in [0.2, 0.25) is 0 Å². The van der Waals surface area contributed by atoms with Gasteiger partial charge < -0.3 is 9.64 Å². The number of nitrogens with zero attached hydrogens (tertiary/aromatic N) is 3. The van der Waals surface area contributed by atoms with Crippen LogP contribution in [0.4, 0.5) is 5.69 Å². The van der Waals surface area contributed by atoms with Gasteiger partial charge in [-0.15, -0.1) is 0 Å². The topological polar surface area (TPSA) is 55.3 Å². The molecule has 0 radical (unpaired) electrons. The van der Waals surface area contributed by atoms with Crippen LogP contribution >= 0.6 is 23.2 Å². The third kappa shape index (κ3) is 4.38. The summed E-state index contributed by atoms with van der Waals surface area (Å²) in [4.78, 5) is 14.9. The molecule has 7 heteroatoms.